The van der Waals surface area contributed by atoms with Gasteiger partial charge < -0.3 is 19.1 Å². The van der Waals surface area contributed by atoms with Gasteiger partial charge in [0.2, 0.25) is 5.91 Å². The van der Waals surface area contributed by atoms with Crippen LogP contribution in [0.4, 0.5) is 5.69 Å². The molecule has 5 heteroatoms. The number of benzene rings is 1. The molecule has 0 saturated carbocycles. The van der Waals surface area contributed by atoms with Crippen LogP contribution in [0.5, 0.6) is 5.75 Å². The Labute approximate surface area is 137 Å². The molecule has 5 nitrogen and oxygen atoms in total. The van der Waals surface area contributed by atoms with Gasteiger partial charge in [0.15, 0.2) is 0 Å². The Bertz CT molecular complexity index is 614. The van der Waals surface area contributed by atoms with Crippen molar-refractivity contribution < 1.29 is 9.53 Å². The molecule has 1 aliphatic rings. The highest BCUT2D eigenvalue weighted by atomic mass is 16.5. The summed E-state index contributed by atoms with van der Waals surface area (Å²) in [6.07, 6.45) is 4.56. The van der Waals surface area contributed by atoms with Crippen LogP contribution in [0.15, 0.2) is 48.8 Å². The smallest absolute Gasteiger partial charge is 0.224 e. The maximum atomic E-state index is 12.3. The summed E-state index contributed by atoms with van der Waals surface area (Å²) in [4.78, 5) is 16.6. The lowest BCUT2D eigenvalue weighted by Crippen LogP contribution is -2.48. The zero-order valence-electron chi connectivity index (χ0n) is 13.5. The van der Waals surface area contributed by atoms with Crippen molar-refractivity contribution >= 4 is 11.6 Å². The third-order valence-electron chi connectivity index (χ3n) is 4.32. The summed E-state index contributed by atoms with van der Waals surface area (Å²) in [6.45, 7) is 4.08. The molecule has 122 valence electrons. The second-order valence-electron chi connectivity index (χ2n) is 5.74. The van der Waals surface area contributed by atoms with Gasteiger partial charge >= 0.3 is 0 Å². The number of hydrogen-bond acceptors (Lipinski definition) is 3. The number of methoxy groups -OCH3 is 1. The zero-order valence-corrected chi connectivity index (χ0v) is 13.5. The van der Waals surface area contributed by atoms with Crippen LogP contribution in [-0.4, -0.2) is 48.7 Å². The number of amides is 1. The van der Waals surface area contributed by atoms with Crippen LogP contribution in [0.3, 0.4) is 0 Å². The number of hydrogen-bond donors (Lipinski definition) is 0. The van der Waals surface area contributed by atoms with E-state index in [0.717, 1.165) is 38.5 Å². The number of carbonyl (C=O) groups is 1. The Morgan fingerprint density at radius 3 is 2.30 bits per heavy atom. The molecule has 2 heterocycles. The molecule has 0 spiro atoms. The van der Waals surface area contributed by atoms with Gasteiger partial charge in [0.05, 0.1) is 7.11 Å². The average molecular weight is 313 g/mol. The van der Waals surface area contributed by atoms with Crippen LogP contribution < -0.4 is 9.64 Å². The molecule has 1 amide bonds. The van der Waals surface area contributed by atoms with Crippen molar-refractivity contribution in [3.8, 4) is 5.75 Å². The number of nitrogens with zero attached hydrogens (tertiary/aromatic N) is 3. The van der Waals surface area contributed by atoms with Gasteiger partial charge in [-0.3, -0.25) is 4.79 Å². The fourth-order valence-corrected chi connectivity index (χ4v) is 2.91. The minimum absolute atomic E-state index is 0.244. The van der Waals surface area contributed by atoms with Gasteiger partial charge in [-0.2, -0.15) is 0 Å². The molecule has 3 rings (SSSR count). The second-order valence-corrected chi connectivity index (χ2v) is 5.74. The van der Waals surface area contributed by atoms with Gasteiger partial charge in [0.25, 0.3) is 0 Å². The van der Waals surface area contributed by atoms with Crippen LogP contribution >= 0.6 is 0 Å². The molecule has 1 aromatic carbocycles. The van der Waals surface area contributed by atoms with E-state index in [1.54, 1.807) is 7.11 Å². The Morgan fingerprint density at radius 2 is 1.70 bits per heavy atom. The van der Waals surface area contributed by atoms with E-state index < -0.39 is 0 Å². The van der Waals surface area contributed by atoms with E-state index in [0.29, 0.717) is 6.42 Å². The first-order valence-electron chi connectivity index (χ1n) is 8.04. The highest BCUT2D eigenvalue weighted by Gasteiger charge is 2.20. The highest BCUT2D eigenvalue weighted by Crippen LogP contribution is 2.20. The average Bonchev–Trinajstić information content (AvgIpc) is 3.13. The molecular formula is C18H23N3O2. The molecule has 0 radical (unpaired) electrons. The SMILES string of the molecule is COc1ccc(N2CCN(C(=O)CCn3cccc3)CC2)cc1. The molecule has 0 bridgehead atoms. The van der Waals surface area contributed by atoms with E-state index in [9.17, 15) is 4.79 Å². The molecule has 0 atom stereocenters. The van der Waals surface area contributed by atoms with Gasteiger partial charge in [-0.15, -0.1) is 0 Å². The molecule has 0 aliphatic carbocycles. The standard InChI is InChI=1S/C18H23N3O2/c1-23-17-6-4-16(5-7-17)20-12-14-21(15-13-20)18(22)8-11-19-9-2-3-10-19/h2-7,9-10H,8,11-15H2,1H3. The van der Waals surface area contributed by atoms with Crippen molar-refractivity contribution in [3.05, 3.63) is 48.8 Å². The van der Waals surface area contributed by atoms with E-state index >= 15 is 0 Å². The number of piperazine rings is 1. The lowest BCUT2D eigenvalue weighted by atomic mass is 10.2. The highest BCUT2D eigenvalue weighted by molar-refractivity contribution is 5.76. The maximum absolute atomic E-state index is 12.3. The minimum Gasteiger partial charge on any atom is -0.497 e. The van der Waals surface area contributed by atoms with Gasteiger partial charge in [0, 0.05) is 57.2 Å². The molecule has 2 aromatic rings. The minimum atomic E-state index is 0.244. The van der Waals surface area contributed by atoms with E-state index in [2.05, 4.69) is 17.0 Å². The lowest BCUT2D eigenvalue weighted by Gasteiger charge is -2.36. The summed E-state index contributed by atoms with van der Waals surface area (Å²) in [7, 11) is 1.67. The van der Waals surface area contributed by atoms with Crippen LogP contribution in [0.1, 0.15) is 6.42 Å². The molecule has 0 unspecified atom stereocenters. The number of aromatic nitrogens is 1. The van der Waals surface area contributed by atoms with Crippen molar-refractivity contribution in [2.75, 3.05) is 38.2 Å². The van der Waals surface area contributed by atoms with E-state index in [1.165, 1.54) is 5.69 Å². The summed E-state index contributed by atoms with van der Waals surface area (Å²) in [6, 6.07) is 12.1. The van der Waals surface area contributed by atoms with Gasteiger partial charge in [-0.1, -0.05) is 0 Å². The van der Waals surface area contributed by atoms with E-state index in [-0.39, 0.29) is 5.91 Å². The first-order chi connectivity index (χ1) is 11.3. The predicted molar refractivity (Wildman–Crippen MR) is 90.8 cm³/mol. The zero-order chi connectivity index (χ0) is 16.1. The summed E-state index contributed by atoms with van der Waals surface area (Å²) < 4.78 is 7.24. The fourth-order valence-electron chi connectivity index (χ4n) is 2.91. The summed E-state index contributed by atoms with van der Waals surface area (Å²) in [5.41, 5.74) is 1.19. The van der Waals surface area contributed by atoms with Gasteiger partial charge in [-0.25, -0.2) is 0 Å². The van der Waals surface area contributed by atoms with Crippen LogP contribution in [0, 0.1) is 0 Å². The normalized spacial score (nSPS) is 14.8. The van der Waals surface area contributed by atoms with Crippen molar-refractivity contribution in [1.82, 2.24) is 9.47 Å². The summed E-state index contributed by atoms with van der Waals surface area (Å²) in [5.74, 6) is 1.11. The Hall–Kier alpha value is -2.43. The molecule has 1 saturated heterocycles. The number of rotatable bonds is 5. The number of anilines is 1. The fraction of sp³-hybridized carbons (Fsp3) is 0.389. The van der Waals surface area contributed by atoms with Gasteiger partial charge in [-0.05, 0) is 36.4 Å². The summed E-state index contributed by atoms with van der Waals surface area (Å²) >= 11 is 0. The molecule has 23 heavy (non-hydrogen) atoms. The predicted octanol–water partition coefficient (Wildman–Crippen LogP) is 2.24. The van der Waals surface area contributed by atoms with Crippen LogP contribution in [0.25, 0.3) is 0 Å². The van der Waals surface area contributed by atoms with Crippen LogP contribution in [-0.2, 0) is 11.3 Å². The number of carbonyl (C=O) groups excluding carboxylic acids is 1. The van der Waals surface area contributed by atoms with Crippen LogP contribution in [0.2, 0.25) is 0 Å². The molecule has 1 aromatic heterocycles. The van der Waals surface area contributed by atoms with Crippen molar-refractivity contribution in [1.29, 1.82) is 0 Å². The maximum Gasteiger partial charge on any atom is 0.224 e. The molecule has 1 aliphatic heterocycles. The first kappa shape index (κ1) is 15.5. The van der Waals surface area contributed by atoms with Crippen molar-refractivity contribution in [2.24, 2.45) is 0 Å². The Kier molecular flexibility index (Phi) is 4.86. The number of ether oxygens (including phenoxy) is 1. The van der Waals surface area contributed by atoms with E-state index in [4.69, 9.17) is 4.74 Å². The van der Waals surface area contributed by atoms with Crippen molar-refractivity contribution in [3.63, 3.8) is 0 Å². The topological polar surface area (TPSA) is 37.7 Å². The molecule has 0 N–H and O–H groups in total. The Morgan fingerprint density at radius 1 is 1.04 bits per heavy atom. The molecular weight excluding hydrogens is 290 g/mol. The van der Waals surface area contributed by atoms with E-state index in [1.807, 2.05) is 46.1 Å². The summed E-state index contributed by atoms with van der Waals surface area (Å²) in [5, 5.41) is 0. The molecule has 1 fully saturated rings. The first-order valence-corrected chi connectivity index (χ1v) is 8.04. The van der Waals surface area contributed by atoms with Crippen molar-refractivity contribution in [2.45, 2.75) is 13.0 Å². The number of aryl methyl sites for hydroxylation is 1. The largest absolute Gasteiger partial charge is 0.497 e. The quantitative estimate of drug-likeness (QED) is 0.849. The lowest BCUT2D eigenvalue weighted by molar-refractivity contribution is -0.131. The third-order valence-corrected chi connectivity index (χ3v) is 4.32. The third kappa shape index (κ3) is 3.86. The monoisotopic (exact) mass is 313 g/mol. The Balaban J connectivity index is 1.48. The second kappa shape index (κ2) is 7.22. The van der Waals surface area contributed by atoms with Gasteiger partial charge in [0.1, 0.15) is 5.75 Å².